The maximum atomic E-state index is 13.0. The number of nitrogens with zero attached hydrogens (tertiary/aromatic N) is 5. The Morgan fingerprint density at radius 2 is 1.76 bits per heavy atom. The van der Waals surface area contributed by atoms with Crippen LogP contribution in [0.5, 0.6) is 0 Å². The zero-order valence-electron chi connectivity index (χ0n) is 21.4. The van der Waals surface area contributed by atoms with E-state index < -0.39 is 5.41 Å². The van der Waals surface area contributed by atoms with E-state index in [1.54, 1.807) is 30.7 Å². The van der Waals surface area contributed by atoms with Gasteiger partial charge in [-0.2, -0.15) is 5.26 Å². The number of benzene rings is 1. The average Bonchev–Trinajstić information content (AvgIpc) is 3.76. The van der Waals surface area contributed by atoms with Gasteiger partial charge in [-0.25, -0.2) is 15.0 Å². The molecule has 0 unspecified atom stereocenters. The Morgan fingerprint density at radius 3 is 2.47 bits per heavy atom. The number of nitrogens with one attached hydrogen (secondary N) is 2. The zero-order valence-corrected chi connectivity index (χ0v) is 21.4. The van der Waals surface area contributed by atoms with Crippen LogP contribution in [0.4, 0.5) is 11.5 Å². The van der Waals surface area contributed by atoms with Crippen molar-refractivity contribution < 1.29 is 9.59 Å². The first kappa shape index (κ1) is 26.1. The summed E-state index contributed by atoms with van der Waals surface area (Å²) in [5.74, 6) is 1.07. The number of hydrogen-bond donors (Lipinski definition) is 2. The third-order valence-electron chi connectivity index (χ3n) is 6.18. The van der Waals surface area contributed by atoms with Crippen LogP contribution in [-0.2, 0) is 10.2 Å². The molecule has 5 rings (SSSR count). The maximum absolute atomic E-state index is 13.0. The van der Waals surface area contributed by atoms with Crippen molar-refractivity contribution in [3.63, 3.8) is 0 Å². The van der Waals surface area contributed by atoms with Gasteiger partial charge in [0, 0.05) is 48.0 Å². The van der Waals surface area contributed by atoms with Gasteiger partial charge in [-0.1, -0.05) is 6.07 Å². The van der Waals surface area contributed by atoms with Crippen LogP contribution in [-0.4, -0.2) is 39.2 Å². The van der Waals surface area contributed by atoms with Crippen LogP contribution >= 0.6 is 0 Å². The molecular weight excluding hydrogens is 478 g/mol. The molecule has 1 saturated carbocycles. The van der Waals surface area contributed by atoms with Crippen LogP contribution in [0.1, 0.15) is 41.4 Å². The smallest absolute Gasteiger partial charge is 0.255 e. The summed E-state index contributed by atoms with van der Waals surface area (Å²) < 4.78 is 0. The van der Waals surface area contributed by atoms with E-state index in [0.29, 0.717) is 22.8 Å². The molecule has 0 saturated heterocycles. The third kappa shape index (κ3) is 5.71. The molecule has 3 aromatic heterocycles. The van der Waals surface area contributed by atoms with Crippen molar-refractivity contribution in [2.75, 3.05) is 17.7 Å². The van der Waals surface area contributed by atoms with Crippen molar-refractivity contribution in [2.45, 2.75) is 32.1 Å². The van der Waals surface area contributed by atoms with E-state index >= 15 is 0 Å². The van der Waals surface area contributed by atoms with E-state index in [2.05, 4.69) is 31.7 Å². The zero-order chi connectivity index (χ0) is 27.1. The van der Waals surface area contributed by atoms with Gasteiger partial charge in [0.25, 0.3) is 5.91 Å². The number of amides is 1. The van der Waals surface area contributed by atoms with E-state index in [-0.39, 0.29) is 5.91 Å². The standard InChI is InChI=1S/C27H23N7O.C2H4O/c1-17-3-4-20(33-26(35)19-6-10-30-23(13-19)27(16-28)8-9-27)15-21(17)22-7-12-32-25(34-22)18-5-11-31-24(14-18)29-2;1-2-3/h3-7,10-15H,8-9H2,1-2H3,(H,29,31)(H,33,35);2H,1H3. The number of nitriles is 1. The second-order valence-electron chi connectivity index (χ2n) is 8.79. The number of anilines is 2. The number of carbonyl (C=O) groups excluding carboxylic acids is 2. The van der Waals surface area contributed by atoms with Crippen molar-refractivity contribution in [3.05, 3.63) is 83.9 Å². The number of rotatable bonds is 6. The summed E-state index contributed by atoms with van der Waals surface area (Å²) in [5.41, 5.74) is 4.76. The number of pyridine rings is 2. The number of hydrogen-bond acceptors (Lipinski definition) is 8. The molecule has 1 aliphatic rings. The van der Waals surface area contributed by atoms with Gasteiger partial charge in [0.1, 0.15) is 12.1 Å². The van der Waals surface area contributed by atoms with Crippen LogP contribution in [0.3, 0.4) is 0 Å². The highest BCUT2D eigenvalue weighted by Gasteiger charge is 2.46. The average molecular weight is 506 g/mol. The Balaban J connectivity index is 0.00000107. The molecule has 9 nitrogen and oxygen atoms in total. The Hall–Kier alpha value is -4.97. The topological polar surface area (TPSA) is 134 Å². The Labute approximate surface area is 221 Å². The molecule has 0 atom stereocenters. The minimum absolute atomic E-state index is 0.253. The van der Waals surface area contributed by atoms with Crippen molar-refractivity contribution in [2.24, 2.45) is 0 Å². The second kappa shape index (κ2) is 11.4. The SMILES string of the molecule is CC=O.CNc1cc(-c2nccc(-c3cc(NC(=O)c4ccnc(C5(C#N)CC5)c4)ccc3C)n2)ccn1. The fourth-order valence-corrected chi connectivity index (χ4v) is 3.92. The summed E-state index contributed by atoms with van der Waals surface area (Å²) in [6.45, 7) is 3.44. The van der Waals surface area contributed by atoms with Gasteiger partial charge < -0.3 is 15.4 Å². The first-order chi connectivity index (χ1) is 18.4. The molecule has 0 spiro atoms. The Bertz CT molecular complexity index is 1520. The molecule has 190 valence electrons. The van der Waals surface area contributed by atoms with Crippen LogP contribution in [0.15, 0.2) is 67.1 Å². The first-order valence-corrected chi connectivity index (χ1v) is 12.1. The van der Waals surface area contributed by atoms with Crippen molar-refractivity contribution in [1.82, 2.24) is 19.9 Å². The largest absolute Gasteiger partial charge is 0.373 e. The fourth-order valence-electron chi connectivity index (χ4n) is 3.92. The van der Waals surface area contributed by atoms with Gasteiger partial charge in [-0.15, -0.1) is 0 Å². The van der Waals surface area contributed by atoms with Gasteiger partial charge in [0.2, 0.25) is 0 Å². The molecule has 1 aromatic carbocycles. The molecule has 3 heterocycles. The summed E-state index contributed by atoms with van der Waals surface area (Å²) in [6, 6.07) is 17.0. The van der Waals surface area contributed by atoms with Crippen LogP contribution in [0, 0.1) is 18.3 Å². The van der Waals surface area contributed by atoms with Gasteiger partial charge in [-0.3, -0.25) is 9.78 Å². The van der Waals surface area contributed by atoms with Gasteiger partial charge >= 0.3 is 0 Å². The Kier molecular flexibility index (Phi) is 7.83. The summed E-state index contributed by atoms with van der Waals surface area (Å²) in [4.78, 5) is 39.5. The lowest BCUT2D eigenvalue weighted by atomic mass is 10.0. The van der Waals surface area contributed by atoms with Crippen LogP contribution in [0.2, 0.25) is 0 Å². The summed E-state index contributed by atoms with van der Waals surface area (Å²) in [6.07, 6.45) is 7.33. The summed E-state index contributed by atoms with van der Waals surface area (Å²) in [5, 5.41) is 15.4. The third-order valence-corrected chi connectivity index (χ3v) is 6.18. The molecule has 1 amide bonds. The van der Waals surface area contributed by atoms with E-state index in [9.17, 15) is 10.1 Å². The second-order valence-corrected chi connectivity index (χ2v) is 8.79. The van der Waals surface area contributed by atoms with E-state index in [0.717, 1.165) is 47.3 Å². The molecule has 38 heavy (non-hydrogen) atoms. The lowest BCUT2D eigenvalue weighted by Gasteiger charge is -2.12. The predicted molar refractivity (Wildman–Crippen MR) is 145 cm³/mol. The highest BCUT2D eigenvalue weighted by molar-refractivity contribution is 6.04. The molecule has 1 fully saturated rings. The van der Waals surface area contributed by atoms with Crippen LogP contribution in [0.25, 0.3) is 22.6 Å². The van der Waals surface area contributed by atoms with Gasteiger partial charge in [0.05, 0.1) is 22.9 Å². The number of carbonyl (C=O) groups is 2. The lowest BCUT2D eigenvalue weighted by molar-refractivity contribution is -0.106. The molecule has 0 aliphatic heterocycles. The van der Waals surface area contributed by atoms with Crippen molar-refractivity contribution in [3.8, 4) is 28.7 Å². The van der Waals surface area contributed by atoms with Crippen LogP contribution < -0.4 is 10.6 Å². The normalized spacial score (nSPS) is 12.8. The molecule has 1 aliphatic carbocycles. The molecule has 0 bridgehead atoms. The van der Waals surface area contributed by atoms with Crippen molar-refractivity contribution in [1.29, 1.82) is 5.26 Å². The fraction of sp³-hybridized carbons (Fsp3) is 0.207. The molecule has 2 N–H and O–H groups in total. The molecule has 9 heteroatoms. The Morgan fingerprint density at radius 1 is 1.03 bits per heavy atom. The monoisotopic (exact) mass is 505 g/mol. The van der Waals surface area contributed by atoms with E-state index in [1.165, 1.54) is 6.92 Å². The highest BCUT2D eigenvalue weighted by atomic mass is 16.1. The van der Waals surface area contributed by atoms with Crippen molar-refractivity contribution >= 4 is 23.7 Å². The summed E-state index contributed by atoms with van der Waals surface area (Å²) >= 11 is 0. The highest BCUT2D eigenvalue weighted by Crippen LogP contribution is 2.46. The van der Waals surface area contributed by atoms with E-state index in [1.807, 2.05) is 50.4 Å². The molecular formula is C29H27N7O2. The molecule has 0 radical (unpaired) electrons. The quantitative estimate of drug-likeness (QED) is 0.351. The number of aryl methyl sites for hydroxylation is 1. The first-order valence-electron chi connectivity index (χ1n) is 12.1. The minimum Gasteiger partial charge on any atom is -0.373 e. The van der Waals surface area contributed by atoms with E-state index in [4.69, 9.17) is 9.78 Å². The lowest BCUT2D eigenvalue weighted by Crippen LogP contribution is -2.14. The van der Waals surface area contributed by atoms with Gasteiger partial charge in [-0.05, 0) is 74.7 Å². The minimum atomic E-state index is -0.541. The number of aromatic nitrogens is 4. The van der Waals surface area contributed by atoms with Gasteiger partial charge in [0.15, 0.2) is 5.82 Å². The number of aldehydes is 1. The summed E-state index contributed by atoms with van der Waals surface area (Å²) in [7, 11) is 1.81. The molecule has 4 aromatic rings. The maximum Gasteiger partial charge on any atom is 0.255 e. The predicted octanol–water partition coefficient (Wildman–Crippen LogP) is 4.96.